The van der Waals surface area contributed by atoms with Gasteiger partial charge in [0.25, 0.3) is 0 Å². The molecule has 1 heterocycles. The third kappa shape index (κ3) is 6.06. The quantitative estimate of drug-likeness (QED) is 0.649. The molecule has 0 radical (unpaired) electrons. The highest BCUT2D eigenvalue weighted by atomic mass is 32.2. The molecule has 162 valence electrons. The third-order valence-electron chi connectivity index (χ3n) is 4.77. The number of hydrogen-bond donors (Lipinski definition) is 0. The van der Waals surface area contributed by atoms with Gasteiger partial charge in [-0.05, 0) is 56.9 Å². The molecular formula is C23H29NO5S. The summed E-state index contributed by atoms with van der Waals surface area (Å²) in [5, 5.41) is 0. The van der Waals surface area contributed by atoms with Gasteiger partial charge >= 0.3 is 5.97 Å². The molecule has 1 aliphatic heterocycles. The summed E-state index contributed by atoms with van der Waals surface area (Å²) >= 11 is 0. The smallest absolute Gasteiger partial charge is 0.324 e. The molecule has 0 aromatic heterocycles. The lowest BCUT2D eigenvalue weighted by Crippen LogP contribution is -2.50. The molecule has 0 saturated carbocycles. The van der Waals surface area contributed by atoms with Crippen LogP contribution < -0.4 is 4.74 Å². The minimum Gasteiger partial charge on any atom is -0.489 e. The van der Waals surface area contributed by atoms with E-state index in [0.717, 1.165) is 11.1 Å². The Labute approximate surface area is 178 Å². The van der Waals surface area contributed by atoms with Gasteiger partial charge in [0.1, 0.15) is 24.0 Å². The monoisotopic (exact) mass is 431 g/mol. The highest BCUT2D eigenvalue weighted by Crippen LogP contribution is 2.26. The molecule has 0 unspecified atom stereocenters. The van der Waals surface area contributed by atoms with Crippen LogP contribution in [0.15, 0.2) is 54.6 Å². The maximum Gasteiger partial charge on any atom is 0.324 e. The average molecular weight is 432 g/mol. The molecule has 1 atom stereocenters. The van der Waals surface area contributed by atoms with Crippen molar-refractivity contribution in [3.63, 3.8) is 0 Å². The van der Waals surface area contributed by atoms with Crippen LogP contribution in [0, 0.1) is 0 Å². The number of carbonyl (C=O) groups is 1. The first-order valence-corrected chi connectivity index (χ1v) is 11.7. The summed E-state index contributed by atoms with van der Waals surface area (Å²) in [4.78, 5) is 12.6. The second-order valence-corrected chi connectivity index (χ2v) is 10.5. The summed E-state index contributed by atoms with van der Waals surface area (Å²) in [6.07, 6.45) is 0.918. The molecule has 1 fully saturated rings. The van der Waals surface area contributed by atoms with E-state index in [1.807, 2.05) is 54.6 Å². The van der Waals surface area contributed by atoms with Crippen molar-refractivity contribution >= 4 is 16.0 Å². The van der Waals surface area contributed by atoms with Crippen molar-refractivity contribution < 1.29 is 22.7 Å². The lowest BCUT2D eigenvalue weighted by molar-refractivity contribution is -0.160. The molecule has 6 nitrogen and oxygen atoms in total. The molecule has 2 aromatic rings. The van der Waals surface area contributed by atoms with Crippen LogP contribution in [-0.2, 0) is 32.7 Å². The predicted octanol–water partition coefficient (Wildman–Crippen LogP) is 3.90. The first-order chi connectivity index (χ1) is 14.1. The van der Waals surface area contributed by atoms with Gasteiger partial charge in [-0.15, -0.1) is 0 Å². The fourth-order valence-corrected chi connectivity index (χ4v) is 5.03. The molecule has 0 aliphatic carbocycles. The van der Waals surface area contributed by atoms with Gasteiger partial charge in [0.05, 0.1) is 5.75 Å². The average Bonchev–Trinajstić information content (AvgIpc) is 2.68. The van der Waals surface area contributed by atoms with Gasteiger partial charge in [-0.1, -0.05) is 42.5 Å². The van der Waals surface area contributed by atoms with Crippen LogP contribution in [0.4, 0.5) is 0 Å². The molecule has 30 heavy (non-hydrogen) atoms. The molecule has 0 amide bonds. The van der Waals surface area contributed by atoms with Gasteiger partial charge in [0, 0.05) is 6.54 Å². The van der Waals surface area contributed by atoms with Crippen molar-refractivity contribution in [1.29, 1.82) is 0 Å². The Bertz CT molecular complexity index is 949. The third-order valence-corrected chi connectivity index (χ3v) is 6.68. The van der Waals surface area contributed by atoms with Gasteiger partial charge in [-0.25, -0.2) is 8.42 Å². The van der Waals surface area contributed by atoms with Crippen molar-refractivity contribution in [3.05, 3.63) is 65.7 Å². The Morgan fingerprint density at radius 1 is 1.03 bits per heavy atom. The number of hydrogen-bond acceptors (Lipinski definition) is 5. The lowest BCUT2D eigenvalue weighted by Gasteiger charge is -2.35. The number of ether oxygens (including phenoxy) is 2. The summed E-state index contributed by atoms with van der Waals surface area (Å²) in [6, 6.07) is 16.4. The van der Waals surface area contributed by atoms with E-state index in [9.17, 15) is 13.2 Å². The zero-order chi connectivity index (χ0) is 21.8. The Hall–Kier alpha value is -2.38. The minimum atomic E-state index is -3.53. The summed E-state index contributed by atoms with van der Waals surface area (Å²) in [7, 11) is -3.53. The van der Waals surface area contributed by atoms with Crippen molar-refractivity contribution in [2.45, 2.75) is 58.4 Å². The summed E-state index contributed by atoms with van der Waals surface area (Å²) < 4.78 is 37.9. The van der Waals surface area contributed by atoms with E-state index in [1.54, 1.807) is 20.8 Å². The van der Waals surface area contributed by atoms with E-state index in [0.29, 0.717) is 25.2 Å². The molecule has 0 N–H and O–H groups in total. The fourth-order valence-electron chi connectivity index (χ4n) is 3.34. The highest BCUT2D eigenvalue weighted by Gasteiger charge is 2.40. The van der Waals surface area contributed by atoms with E-state index >= 15 is 0 Å². The SMILES string of the molecule is CC(C)(C)OC(=O)[C@H]1CCCS(=O)(=O)N1Cc1ccc(OCc2ccccc2)cc1. The van der Waals surface area contributed by atoms with E-state index in [2.05, 4.69) is 0 Å². The number of nitrogens with zero attached hydrogens (tertiary/aromatic N) is 1. The highest BCUT2D eigenvalue weighted by molar-refractivity contribution is 7.89. The van der Waals surface area contributed by atoms with Gasteiger partial charge in [0.2, 0.25) is 10.0 Å². The van der Waals surface area contributed by atoms with Crippen molar-refractivity contribution in [1.82, 2.24) is 4.31 Å². The van der Waals surface area contributed by atoms with Crippen LogP contribution in [0.2, 0.25) is 0 Å². The van der Waals surface area contributed by atoms with E-state index in [-0.39, 0.29) is 12.3 Å². The second-order valence-electron chi connectivity index (χ2n) is 8.47. The van der Waals surface area contributed by atoms with Gasteiger partial charge < -0.3 is 9.47 Å². The molecule has 7 heteroatoms. The number of esters is 1. The van der Waals surface area contributed by atoms with Gasteiger partial charge in [-0.3, -0.25) is 4.79 Å². The Morgan fingerprint density at radius 3 is 2.33 bits per heavy atom. The first-order valence-electron chi connectivity index (χ1n) is 10.1. The standard InChI is InChI=1S/C23H29NO5S/c1-23(2,3)29-22(25)21-10-7-15-30(26,27)24(21)16-18-11-13-20(14-12-18)28-17-19-8-5-4-6-9-19/h4-6,8-9,11-14,21H,7,10,15-17H2,1-3H3/t21-/m1/s1. The van der Waals surface area contributed by atoms with Crippen LogP contribution in [0.25, 0.3) is 0 Å². The molecule has 0 bridgehead atoms. The Kier molecular flexibility index (Phi) is 6.83. The van der Waals surface area contributed by atoms with E-state index in [1.165, 1.54) is 4.31 Å². The largest absolute Gasteiger partial charge is 0.489 e. The van der Waals surface area contributed by atoms with Crippen molar-refractivity contribution in [2.75, 3.05) is 5.75 Å². The zero-order valence-corrected chi connectivity index (χ0v) is 18.5. The normalized spacial score (nSPS) is 19.2. The lowest BCUT2D eigenvalue weighted by atomic mass is 10.1. The summed E-state index contributed by atoms with van der Waals surface area (Å²) in [5.41, 5.74) is 1.20. The minimum absolute atomic E-state index is 0.0462. The van der Waals surface area contributed by atoms with Crippen LogP contribution in [0.1, 0.15) is 44.7 Å². The van der Waals surface area contributed by atoms with Crippen LogP contribution in [0.3, 0.4) is 0 Å². The fraction of sp³-hybridized carbons (Fsp3) is 0.435. The number of carbonyl (C=O) groups excluding carboxylic acids is 1. The van der Waals surface area contributed by atoms with Crippen LogP contribution in [-0.4, -0.2) is 36.1 Å². The van der Waals surface area contributed by atoms with E-state index < -0.39 is 27.6 Å². The van der Waals surface area contributed by atoms with Crippen molar-refractivity contribution in [3.8, 4) is 5.75 Å². The Morgan fingerprint density at radius 2 is 1.70 bits per heavy atom. The maximum atomic E-state index is 12.7. The van der Waals surface area contributed by atoms with Crippen LogP contribution in [0.5, 0.6) is 5.75 Å². The Balaban J connectivity index is 1.69. The summed E-state index contributed by atoms with van der Waals surface area (Å²) in [6.45, 7) is 5.93. The van der Waals surface area contributed by atoms with Gasteiger partial charge in [0.15, 0.2) is 0 Å². The summed E-state index contributed by atoms with van der Waals surface area (Å²) in [5.74, 6) is 0.256. The predicted molar refractivity (Wildman–Crippen MR) is 115 cm³/mol. The number of rotatable bonds is 6. The maximum absolute atomic E-state index is 12.7. The number of sulfonamides is 1. The zero-order valence-electron chi connectivity index (χ0n) is 17.7. The molecule has 1 aliphatic rings. The topological polar surface area (TPSA) is 72.9 Å². The first kappa shape index (κ1) is 22.3. The van der Waals surface area contributed by atoms with Crippen LogP contribution >= 0.6 is 0 Å². The molecule has 2 aromatic carbocycles. The molecule has 3 rings (SSSR count). The molecule has 1 saturated heterocycles. The van der Waals surface area contributed by atoms with Gasteiger partial charge in [-0.2, -0.15) is 4.31 Å². The van der Waals surface area contributed by atoms with Crippen molar-refractivity contribution in [2.24, 2.45) is 0 Å². The second kappa shape index (κ2) is 9.18. The number of benzene rings is 2. The molecular weight excluding hydrogens is 402 g/mol. The van der Waals surface area contributed by atoms with E-state index in [4.69, 9.17) is 9.47 Å². The molecule has 0 spiro atoms.